The number of sulfonamides is 1. The summed E-state index contributed by atoms with van der Waals surface area (Å²) in [5, 5.41) is 0.171. The number of hydrogen-bond donors (Lipinski definition) is 1. The van der Waals surface area contributed by atoms with E-state index in [-0.39, 0.29) is 15.1 Å². The molecule has 1 aliphatic heterocycles. The second-order valence-electron chi connectivity index (χ2n) is 5.65. The van der Waals surface area contributed by atoms with Gasteiger partial charge >= 0.3 is 0 Å². The highest BCUT2D eigenvalue weighted by atomic mass is 35.5. The highest BCUT2D eigenvalue weighted by Crippen LogP contribution is 2.26. The van der Waals surface area contributed by atoms with E-state index in [2.05, 4.69) is 14.6 Å². The Balaban J connectivity index is 1.83. The summed E-state index contributed by atoms with van der Waals surface area (Å²) in [7, 11) is -3.77. The summed E-state index contributed by atoms with van der Waals surface area (Å²) in [6, 6.07) is 8.68. The molecule has 0 spiro atoms. The van der Waals surface area contributed by atoms with Crippen LogP contribution in [0.3, 0.4) is 0 Å². The molecule has 2 heterocycles. The van der Waals surface area contributed by atoms with Crippen molar-refractivity contribution in [1.82, 2.24) is 4.98 Å². The van der Waals surface area contributed by atoms with Gasteiger partial charge in [0.2, 0.25) is 0 Å². The fraction of sp³-hybridized carbons (Fsp3) is 0.312. The third-order valence-electron chi connectivity index (χ3n) is 3.90. The van der Waals surface area contributed by atoms with E-state index in [1.165, 1.54) is 18.7 Å². The molecule has 1 fully saturated rings. The quantitative estimate of drug-likeness (QED) is 0.801. The van der Waals surface area contributed by atoms with E-state index in [4.69, 9.17) is 23.2 Å². The van der Waals surface area contributed by atoms with E-state index in [0.717, 1.165) is 31.6 Å². The van der Waals surface area contributed by atoms with Gasteiger partial charge in [-0.2, -0.15) is 0 Å². The lowest BCUT2D eigenvalue weighted by Crippen LogP contribution is -2.29. The van der Waals surface area contributed by atoms with Gasteiger partial charge < -0.3 is 4.90 Å². The minimum atomic E-state index is -3.77. The summed E-state index contributed by atoms with van der Waals surface area (Å²) in [4.78, 5) is 6.02. The predicted molar refractivity (Wildman–Crippen MR) is 97.6 cm³/mol. The Kier molecular flexibility index (Phi) is 5.18. The molecule has 3 rings (SSSR count). The monoisotopic (exact) mass is 385 g/mol. The number of benzene rings is 1. The number of nitrogens with zero attached hydrogens (tertiary/aromatic N) is 2. The number of hydrogen-bond acceptors (Lipinski definition) is 4. The molecule has 0 atom stereocenters. The Hall–Kier alpha value is -1.50. The highest BCUT2D eigenvalue weighted by molar-refractivity contribution is 7.92. The van der Waals surface area contributed by atoms with Gasteiger partial charge in [0.1, 0.15) is 10.0 Å². The molecule has 1 saturated heterocycles. The van der Waals surface area contributed by atoms with Gasteiger partial charge in [-0.05, 0) is 43.5 Å². The van der Waals surface area contributed by atoms with Crippen molar-refractivity contribution in [1.29, 1.82) is 0 Å². The van der Waals surface area contributed by atoms with Gasteiger partial charge in [0, 0.05) is 25.0 Å². The first-order valence-corrected chi connectivity index (χ1v) is 9.88. The molecule has 2 aromatic rings. The molecule has 1 aliphatic rings. The highest BCUT2D eigenvalue weighted by Gasteiger charge is 2.17. The van der Waals surface area contributed by atoms with Crippen LogP contribution in [-0.2, 0) is 10.0 Å². The lowest BCUT2D eigenvalue weighted by atomic mass is 10.1. The lowest BCUT2D eigenvalue weighted by molar-refractivity contribution is 0.578. The Morgan fingerprint density at radius 3 is 2.54 bits per heavy atom. The largest absolute Gasteiger partial charge is 0.371 e. The van der Waals surface area contributed by atoms with Crippen LogP contribution in [0, 0.1) is 0 Å². The van der Waals surface area contributed by atoms with Crippen molar-refractivity contribution in [3.63, 3.8) is 0 Å². The van der Waals surface area contributed by atoms with Gasteiger partial charge in [-0.1, -0.05) is 29.3 Å². The number of pyridine rings is 1. The molecule has 24 heavy (non-hydrogen) atoms. The molecule has 1 N–H and O–H groups in total. The van der Waals surface area contributed by atoms with Crippen LogP contribution < -0.4 is 9.62 Å². The van der Waals surface area contributed by atoms with Gasteiger partial charge in [0.15, 0.2) is 0 Å². The lowest BCUT2D eigenvalue weighted by Gasteiger charge is -2.29. The van der Waals surface area contributed by atoms with Crippen molar-refractivity contribution in [2.24, 2.45) is 0 Å². The number of anilines is 2. The summed E-state index contributed by atoms with van der Waals surface area (Å²) in [5.74, 6) is 0. The number of halogens is 2. The van der Waals surface area contributed by atoms with Crippen molar-refractivity contribution in [3.8, 4) is 0 Å². The Labute approximate surface area is 151 Å². The second kappa shape index (κ2) is 7.17. The number of piperidine rings is 1. The molecule has 1 aromatic carbocycles. The topological polar surface area (TPSA) is 62.3 Å². The molecule has 0 amide bonds. The molecule has 0 aliphatic carbocycles. The van der Waals surface area contributed by atoms with Crippen molar-refractivity contribution in [3.05, 3.63) is 46.7 Å². The summed E-state index contributed by atoms with van der Waals surface area (Å²) in [6.45, 7) is 1.99. The van der Waals surface area contributed by atoms with Gasteiger partial charge in [-0.25, -0.2) is 13.4 Å². The third kappa shape index (κ3) is 3.94. The first kappa shape index (κ1) is 17.3. The molecule has 1 aromatic heterocycles. The fourth-order valence-electron chi connectivity index (χ4n) is 2.68. The van der Waals surface area contributed by atoms with Gasteiger partial charge in [0.25, 0.3) is 10.0 Å². The minimum absolute atomic E-state index is 0.0275. The molecule has 0 bridgehead atoms. The maximum absolute atomic E-state index is 12.5. The molecule has 0 radical (unpaired) electrons. The van der Waals surface area contributed by atoms with Crippen molar-refractivity contribution < 1.29 is 8.42 Å². The maximum atomic E-state index is 12.5. The zero-order chi connectivity index (χ0) is 17.2. The van der Waals surface area contributed by atoms with Gasteiger partial charge in [-0.3, -0.25) is 4.72 Å². The van der Waals surface area contributed by atoms with E-state index in [1.54, 1.807) is 6.07 Å². The number of nitrogens with one attached hydrogen (secondary N) is 1. The molecule has 0 unspecified atom stereocenters. The van der Waals surface area contributed by atoms with E-state index in [0.29, 0.717) is 5.69 Å². The van der Waals surface area contributed by atoms with Crippen molar-refractivity contribution in [2.75, 3.05) is 22.7 Å². The molecular formula is C16H17Cl2N3O2S. The van der Waals surface area contributed by atoms with Crippen LogP contribution in [0.1, 0.15) is 19.3 Å². The smallest absolute Gasteiger partial charge is 0.263 e. The zero-order valence-electron chi connectivity index (χ0n) is 12.9. The van der Waals surface area contributed by atoms with E-state index in [9.17, 15) is 8.42 Å². The van der Waals surface area contributed by atoms with Crippen LogP contribution in [-0.4, -0.2) is 26.5 Å². The molecule has 5 nitrogen and oxygen atoms in total. The summed E-state index contributed by atoms with van der Waals surface area (Å²) < 4.78 is 27.5. The standard InChI is InChI=1S/C16H17Cl2N3O2S/c17-15-10-14(11-19-16(15)18)24(22,23)20-12-5-4-6-13(9-12)21-7-2-1-3-8-21/h4-6,9-11,20H,1-3,7-8H2. The van der Waals surface area contributed by atoms with Crippen LogP contribution in [0.4, 0.5) is 11.4 Å². The second-order valence-corrected chi connectivity index (χ2v) is 8.09. The van der Waals surface area contributed by atoms with E-state index >= 15 is 0 Å². The first-order valence-electron chi connectivity index (χ1n) is 7.64. The zero-order valence-corrected chi connectivity index (χ0v) is 15.2. The van der Waals surface area contributed by atoms with Crippen LogP contribution in [0.2, 0.25) is 10.2 Å². The van der Waals surface area contributed by atoms with Gasteiger partial charge in [0.05, 0.1) is 10.7 Å². The van der Waals surface area contributed by atoms with Crippen LogP contribution in [0.25, 0.3) is 0 Å². The molecule has 0 saturated carbocycles. The normalized spacial score (nSPS) is 15.3. The fourth-order valence-corrected chi connectivity index (χ4v) is 4.04. The SMILES string of the molecule is O=S(=O)(Nc1cccc(N2CCCCC2)c1)c1cnc(Cl)c(Cl)c1. The Morgan fingerprint density at radius 1 is 1.08 bits per heavy atom. The molecular weight excluding hydrogens is 369 g/mol. The predicted octanol–water partition coefficient (Wildman–Crippen LogP) is 4.18. The van der Waals surface area contributed by atoms with E-state index < -0.39 is 10.0 Å². The van der Waals surface area contributed by atoms with Gasteiger partial charge in [-0.15, -0.1) is 0 Å². The molecule has 8 heteroatoms. The average Bonchev–Trinajstić information content (AvgIpc) is 2.58. The first-order chi connectivity index (χ1) is 11.5. The Morgan fingerprint density at radius 2 is 1.83 bits per heavy atom. The van der Waals surface area contributed by atoms with E-state index in [1.807, 2.05) is 18.2 Å². The van der Waals surface area contributed by atoms with Crippen molar-refractivity contribution in [2.45, 2.75) is 24.2 Å². The third-order valence-corrected chi connectivity index (χ3v) is 5.94. The summed E-state index contributed by atoms with van der Waals surface area (Å²) >= 11 is 11.6. The van der Waals surface area contributed by atoms with Crippen molar-refractivity contribution >= 4 is 44.6 Å². The number of rotatable bonds is 4. The molecule has 128 valence electrons. The number of aromatic nitrogens is 1. The van der Waals surface area contributed by atoms with Crippen LogP contribution in [0.15, 0.2) is 41.4 Å². The average molecular weight is 386 g/mol. The van der Waals surface area contributed by atoms with Crippen LogP contribution >= 0.6 is 23.2 Å². The van der Waals surface area contributed by atoms with Crippen LogP contribution in [0.5, 0.6) is 0 Å². The Bertz CT molecular complexity index is 837. The minimum Gasteiger partial charge on any atom is -0.371 e. The summed E-state index contributed by atoms with van der Waals surface area (Å²) in [5.41, 5.74) is 1.52. The summed E-state index contributed by atoms with van der Waals surface area (Å²) in [6.07, 6.45) is 4.74. The maximum Gasteiger partial charge on any atom is 0.263 e.